The minimum atomic E-state index is -0.517. The molecule has 2 nitrogen and oxygen atoms in total. The van der Waals surface area contributed by atoms with E-state index >= 15 is 0 Å². The van der Waals surface area contributed by atoms with Gasteiger partial charge >= 0.3 is 5.97 Å². The lowest BCUT2D eigenvalue weighted by atomic mass is 10.1. The molecule has 0 saturated carbocycles. The van der Waals surface area contributed by atoms with Crippen molar-refractivity contribution in [3.05, 3.63) is 71.0 Å². The topological polar surface area (TPSA) is 26.3 Å². The predicted molar refractivity (Wildman–Crippen MR) is 93.2 cm³/mol. The molecule has 0 fully saturated rings. The third kappa shape index (κ3) is 5.55. The summed E-state index contributed by atoms with van der Waals surface area (Å²) in [6.07, 6.45) is 3.80. The van der Waals surface area contributed by atoms with Gasteiger partial charge in [-0.25, -0.2) is 9.18 Å². The second-order valence-corrected chi connectivity index (χ2v) is 5.41. The molecule has 0 radical (unpaired) electrons. The van der Waals surface area contributed by atoms with Crippen LogP contribution in [0.2, 0.25) is 0 Å². The highest BCUT2D eigenvalue weighted by atomic mass is 19.1. The van der Waals surface area contributed by atoms with Crippen LogP contribution in [-0.4, -0.2) is 12.6 Å². The maximum atomic E-state index is 13.9. The molecule has 0 atom stereocenters. The molecule has 2 aromatic carbocycles. The molecule has 0 aliphatic heterocycles. The summed E-state index contributed by atoms with van der Waals surface area (Å²) in [5.41, 5.74) is 1.85. The van der Waals surface area contributed by atoms with E-state index < -0.39 is 11.8 Å². The van der Waals surface area contributed by atoms with Gasteiger partial charge in [-0.05, 0) is 49.9 Å². The molecular formula is C21H21FO2. The number of esters is 1. The molecule has 24 heavy (non-hydrogen) atoms. The Morgan fingerprint density at radius 2 is 1.92 bits per heavy atom. The molecule has 0 heterocycles. The SMILES string of the molecule is CCOC(=O)c1ccc(C#CCCCCc2ccccc2)c(F)c1. The molecule has 3 heteroatoms. The standard InChI is InChI=1S/C21H21FO2/c1-2-24-21(23)19-15-14-18(20(22)16-19)13-9-4-3-6-10-17-11-7-5-8-12-17/h5,7-8,11-12,14-16H,2-4,6,10H2,1H3. The molecule has 0 bridgehead atoms. The number of ether oxygens (including phenoxy) is 1. The number of hydrogen-bond acceptors (Lipinski definition) is 2. The van der Waals surface area contributed by atoms with Gasteiger partial charge in [-0.2, -0.15) is 0 Å². The average Bonchev–Trinajstić information content (AvgIpc) is 2.60. The van der Waals surface area contributed by atoms with Crippen molar-refractivity contribution in [2.45, 2.75) is 32.6 Å². The summed E-state index contributed by atoms with van der Waals surface area (Å²) in [6, 6.07) is 14.6. The van der Waals surface area contributed by atoms with Crippen LogP contribution in [0.4, 0.5) is 4.39 Å². The van der Waals surface area contributed by atoms with Crippen LogP contribution in [0.15, 0.2) is 48.5 Å². The zero-order valence-electron chi connectivity index (χ0n) is 13.8. The van der Waals surface area contributed by atoms with E-state index in [4.69, 9.17) is 4.74 Å². The van der Waals surface area contributed by atoms with Gasteiger partial charge in [0.2, 0.25) is 0 Å². The van der Waals surface area contributed by atoms with Gasteiger partial charge in [-0.1, -0.05) is 42.2 Å². The first-order valence-corrected chi connectivity index (χ1v) is 8.20. The fourth-order valence-electron chi connectivity index (χ4n) is 2.30. The monoisotopic (exact) mass is 324 g/mol. The van der Waals surface area contributed by atoms with Gasteiger partial charge in [0.25, 0.3) is 0 Å². The third-order valence-corrected chi connectivity index (χ3v) is 3.56. The molecule has 0 spiro atoms. The van der Waals surface area contributed by atoms with Crippen molar-refractivity contribution in [1.82, 2.24) is 0 Å². The van der Waals surface area contributed by atoms with Crippen molar-refractivity contribution in [2.24, 2.45) is 0 Å². The fraction of sp³-hybridized carbons (Fsp3) is 0.286. The number of aryl methyl sites for hydroxylation is 1. The molecule has 0 aliphatic rings. The van der Waals surface area contributed by atoms with E-state index in [1.165, 1.54) is 17.7 Å². The van der Waals surface area contributed by atoms with Gasteiger partial charge in [0.1, 0.15) is 5.82 Å². The summed E-state index contributed by atoms with van der Waals surface area (Å²) in [6.45, 7) is 1.98. The Kier molecular flexibility index (Phi) is 7.04. The molecule has 2 aromatic rings. The first-order chi connectivity index (χ1) is 11.7. The number of carbonyl (C=O) groups excluding carboxylic acids is 1. The van der Waals surface area contributed by atoms with Crippen LogP contribution >= 0.6 is 0 Å². The Bertz CT molecular complexity index is 726. The van der Waals surface area contributed by atoms with Crippen molar-refractivity contribution in [2.75, 3.05) is 6.61 Å². The van der Waals surface area contributed by atoms with Crippen LogP contribution in [-0.2, 0) is 11.2 Å². The zero-order chi connectivity index (χ0) is 17.2. The number of halogens is 1. The summed E-state index contributed by atoms with van der Waals surface area (Å²) < 4.78 is 18.8. The lowest BCUT2D eigenvalue weighted by Gasteiger charge is -2.02. The highest BCUT2D eigenvalue weighted by Crippen LogP contribution is 2.11. The van der Waals surface area contributed by atoms with Crippen molar-refractivity contribution >= 4 is 5.97 Å². The van der Waals surface area contributed by atoms with Crippen LogP contribution in [0.25, 0.3) is 0 Å². The maximum absolute atomic E-state index is 13.9. The largest absolute Gasteiger partial charge is 0.462 e. The zero-order valence-corrected chi connectivity index (χ0v) is 13.8. The van der Waals surface area contributed by atoms with Gasteiger partial charge in [0, 0.05) is 6.42 Å². The number of carbonyl (C=O) groups is 1. The molecule has 124 valence electrons. The lowest BCUT2D eigenvalue weighted by Crippen LogP contribution is -2.05. The first-order valence-electron chi connectivity index (χ1n) is 8.20. The van der Waals surface area contributed by atoms with E-state index in [9.17, 15) is 9.18 Å². The average molecular weight is 324 g/mol. The molecule has 0 amide bonds. The highest BCUT2D eigenvalue weighted by Gasteiger charge is 2.09. The fourth-order valence-corrected chi connectivity index (χ4v) is 2.30. The summed E-state index contributed by atoms with van der Waals surface area (Å²) in [7, 11) is 0. The maximum Gasteiger partial charge on any atom is 0.338 e. The molecule has 0 unspecified atom stereocenters. The van der Waals surface area contributed by atoms with E-state index in [1.807, 2.05) is 18.2 Å². The van der Waals surface area contributed by atoms with Crippen LogP contribution in [0.5, 0.6) is 0 Å². The third-order valence-electron chi connectivity index (χ3n) is 3.56. The summed E-state index contributed by atoms with van der Waals surface area (Å²) in [5.74, 6) is 4.82. The minimum Gasteiger partial charge on any atom is -0.462 e. The quantitative estimate of drug-likeness (QED) is 0.435. The van der Waals surface area contributed by atoms with E-state index in [1.54, 1.807) is 13.0 Å². The van der Waals surface area contributed by atoms with Gasteiger partial charge in [-0.15, -0.1) is 0 Å². The number of unbranched alkanes of at least 4 members (excludes halogenated alkanes) is 2. The van der Waals surface area contributed by atoms with Gasteiger partial charge < -0.3 is 4.74 Å². The van der Waals surface area contributed by atoms with Gasteiger partial charge in [-0.3, -0.25) is 0 Å². The Morgan fingerprint density at radius 1 is 1.12 bits per heavy atom. The normalized spacial score (nSPS) is 9.92. The smallest absolute Gasteiger partial charge is 0.338 e. The molecule has 0 N–H and O–H groups in total. The number of hydrogen-bond donors (Lipinski definition) is 0. The Hall–Kier alpha value is -2.60. The number of benzene rings is 2. The van der Waals surface area contributed by atoms with Crippen molar-refractivity contribution in [1.29, 1.82) is 0 Å². The molecular weight excluding hydrogens is 303 g/mol. The molecule has 0 aromatic heterocycles. The van der Waals surface area contributed by atoms with Crippen LogP contribution in [0, 0.1) is 17.7 Å². The predicted octanol–water partition coefficient (Wildman–Crippen LogP) is 4.77. The van der Waals surface area contributed by atoms with Crippen molar-refractivity contribution in [3.63, 3.8) is 0 Å². The number of rotatable bonds is 6. The van der Waals surface area contributed by atoms with Crippen LogP contribution < -0.4 is 0 Å². The summed E-state index contributed by atoms with van der Waals surface area (Å²) in [5, 5.41) is 0. The minimum absolute atomic E-state index is 0.211. The first kappa shape index (κ1) is 17.7. The molecule has 0 aliphatic carbocycles. The summed E-state index contributed by atoms with van der Waals surface area (Å²) >= 11 is 0. The van der Waals surface area contributed by atoms with E-state index in [2.05, 4.69) is 24.0 Å². The Labute approximate surface area is 142 Å². The van der Waals surface area contributed by atoms with E-state index in [-0.39, 0.29) is 12.2 Å². The highest BCUT2D eigenvalue weighted by molar-refractivity contribution is 5.89. The Balaban J connectivity index is 1.81. The van der Waals surface area contributed by atoms with E-state index in [0.717, 1.165) is 25.7 Å². The van der Waals surface area contributed by atoms with Crippen molar-refractivity contribution in [3.8, 4) is 11.8 Å². The van der Waals surface area contributed by atoms with Gasteiger partial charge in [0.05, 0.1) is 17.7 Å². The second-order valence-electron chi connectivity index (χ2n) is 5.41. The molecule has 2 rings (SSSR count). The van der Waals surface area contributed by atoms with Crippen LogP contribution in [0.1, 0.15) is 47.7 Å². The van der Waals surface area contributed by atoms with E-state index in [0.29, 0.717) is 5.56 Å². The Morgan fingerprint density at radius 3 is 2.62 bits per heavy atom. The summed E-state index contributed by atoms with van der Waals surface area (Å²) in [4.78, 5) is 11.5. The van der Waals surface area contributed by atoms with Crippen LogP contribution in [0.3, 0.4) is 0 Å². The molecule has 0 saturated heterocycles. The van der Waals surface area contributed by atoms with Gasteiger partial charge in [0.15, 0.2) is 0 Å². The van der Waals surface area contributed by atoms with Crippen molar-refractivity contribution < 1.29 is 13.9 Å². The second kappa shape index (κ2) is 9.52. The lowest BCUT2D eigenvalue weighted by molar-refractivity contribution is 0.0526.